The summed E-state index contributed by atoms with van der Waals surface area (Å²) in [7, 11) is 0. The summed E-state index contributed by atoms with van der Waals surface area (Å²) in [6, 6.07) is 15.7. The molecule has 1 N–H and O–H groups in total. The summed E-state index contributed by atoms with van der Waals surface area (Å²) in [6.07, 6.45) is 0. The topological polar surface area (TPSA) is 97.4 Å². The van der Waals surface area contributed by atoms with Crippen LogP contribution in [0.5, 0.6) is 11.5 Å². The molecule has 1 aromatic heterocycles. The van der Waals surface area contributed by atoms with E-state index in [0.717, 1.165) is 10.4 Å². The lowest BCUT2D eigenvalue weighted by Gasteiger charge is -2.29. The number of carbonyl (C=O) groups is 3. The van der Waals surface area contributed by atoms with Crippen molar-refractivity contribution in [1.29, 1.82) is 0 Å². The van der Waals surface area contributed by atoms with Gasteiger partial charge in [0, 0.05) is 23.7 Å². The maximum Gasteiger partial charge on any atom is 0.338 e. The number of ether oxygens (including phenoxy) is 3. The number of rotatable bonds is 11. The Morgan fingerprint density at radius 1 is 1.00 bits per heavy atom. The number of carbonyl (C=O) groups excluding carboxylic acids is 3. The van der Waals surface area contributed by atoms with Crippen molar-refractivity contribution in [2.75, 3.05) is 31.8 Å². The van der Waals surface area contributed by atoms with Crippen LogP contribution in [0.3, 0.4) is 0 Å². The minimum atomic E-state index is -0.421. The lowest BCUT2D eigenvalue weighted by atomic mass is 10.1. The van der Waals surface area contributed by atoms with Crippen LogP contribution in [0.15, 0.2) is 60.0 Å². The molecule has 0 saturated heterocycles. The van der Waals surface area contributed by atoms with Crippen LogP contribution in [0.2, 0.25) is 0 Å². The largest absolute Gasteiger partial charge is 0.462 e. The number of thiophene rings is 1. The number of urea groups is 1. The van der Waals surface area contributed by atoms with Gasteiger partial charge in [0.25, 0.3) is 0 Å². The summed E-state index contributed by atoms with van der Waals surface area (Å²) in [5.74, 6) is 0.898. The van der Waals surface area contributed by atoms with Crippen LogP contribution in [-0.2, 0) is 22.6 Å². The first-order valence-corrected chi connectivity index (χ1v) is 13.7. The zero-order valence-corrected chi connectivity index (χ0v) is 23.2. The zero-order chi connectivity index (χ0) is 27.8. The molecule has 0 spiro atoms. The Kier molecular flexibility index (Phi) is 9.43. The van der Waals surface area contributed by atoms with Crippen molar-refractivity contribution in [1.82, 2.24) is 9.80 Å². The minimum Gasteiger partial charge on any atom is -0.462 e. The summed E-state index contributed by atoms with van der Waals surface area (Å²) in [6.45, 7) is 7.31. The third-order valence-corrected chi connectivity index (χ3v) is 6.80. The molecule has 9 nitrogen and oxygen atoms in total. The van der Waals surface area contributed by atoms with Crippen molar-refractivity contribution in [3.05, 3.63) is 76.0 Å². The highest BCUT2D eigenvalue weighted by Crippen LogP contribution is 2.33. The van der Waals surface area contributed by atoms with Gasteiger partial charge in [0.1, 0.15) is 6.54 Å². The van der Waals surface area contributed by atoms with Gasteiger partial charge in [-0.2, -0.15) is 0 Å². The molecule has 206 valence electrons. The van der Waals surface area contributed by atoms with E-state index in [1.807, 2.05) is 49.6 Å². The van der Waals surface area contributed by atoms with Gasteiger partial charge in [0.2, 0.25) is 12.7 Å². The minimum absolute atomic E-state index is 0.0825. The predicted molar refractivity (Wildman–Crippen MR) is 149 cm³/mol. The first kappa shape index (κ1) is 28.0. The van der Waals surface area contributed by atoms with Gasteiger partial charge in [-0.15, -0.1) is 11.3 Å². The van der Waals surface area contributed by atoms with Gasteiger partial charge >= 0.3 is 12.0 Å². The van der Waals surface area contributed by atoms with Crippen LogP contribution in [0, 0.1) is 5.92 Å². The molecular weight excluding hydrogens is 518 g/mol. The number of anilines is 1. The smallest absolute Gasteiger partial charge is 0.338 e. The molecule has 0 unspecified atom stereocenters. The normalized spacial score (nSPS) is 11.8. The quantitative estimate of drug-likeness (QED) is 0.322. The number of benzene rings is 2. The van der Waals surface area contributed by atoms with Gasteiger partial charge in [0.15, 0.2) is 11.5 Å². The van der Waals surface area contributed by atoms with E-state index in [2.05, 4.69) is 5.32 Å². The standard InChI is InChI=1S/C29H33N3O6S/c1-4-36-28(34)22-8-10-23(11-9-22)30-29(35)32(15-20(2)3)18-27(33)31(17-24-6-5-13-39-24)16-21-7-12-25-26(14-21)38-19-37-25/h5-14,20H,4,15-19H2,1-3H3,(H,30,35). The first-order valence-electron chi connectivity index (χ1n) is 12.8. The molecule has 0 bridgehead atoms. The Bertz CT molecular complexity index is 1280. The van der Waals surface area contributed by atoms with E-state index in [0.29, 0.717) is 42.4 Å². The maximum atomic E-state index is 13.6. The second kappa shape index (κ2) is 13.1. The van der Waals surface area contributed by atoms with Gasteiger partial charge in [-0.3, -0.25) is 4.79 Å². The Labute approximate surface area is 232 Å². The van der Waals surface area contributed by atoms with Gasteiger partial charge in [-0.1, -0.05) is 26.0 Å². The van der Waals surface area contributed by atoms with E-state index in [-0.39, 0.29) is 37.8 Å². The van der Waals surface area contributed by atoms with Gasteiger partial charge in [-0.25, -0.2) is 9.59 Å². The van der Waals surface area contributed by atoms with Crippen LogP contribution in [-0.4, -0.2) is 54.2 Å². The van der Waals surface area contributed by atoms with Crippen molar-refractivity contribution in [2.24, 2.45) is 5.92 Å². The average Bonchev–Trinajstić information content (AvgIpc) is 3.60. The second-order valence-electron chi connectivity index (χ2n) is 9.52. The fourth-order valence-corrected chi connectivity index (χ4v) is 4.83. The molecule has 39 heavy (non-hydrogen) atoms. The molecule has 0 saturated carbocycles. The Morgan fingerprint density at radius 2 is 1.77 bits per heavy atom. The van der Waals surface area contributed by atoms with Crippen LogP contribution in [0.1, 0.15) is 41.6 Å². The molecule has 4 rings (SSSR count). The van der Waals surface area contributed by atoms with E-state index < -0.39 is 5.97 Å². The molecule has 2 aromatic carbocycles. The second-order valence-corrected chi connectivity index (χ2v) is 10.6. The number of hydrogen-bond acceptors (Lipinski definition) is 7. The van der Waals surface area contributed by atoms with Crippen LogP contribution in [0.25, 0.3) is 0 Å². The fraction of sp³-hybridized carbons (Fsp3) is 0.345. The summed E-state index contributed by atoms with van der Waals surface area (Å²) in [5.41, 5.74) is 1.83. The van der Waals surface area contributed by atoms with Crippen molar-refractivity contribution in [2.45, 2.75) is 33.9 Å². The number of amides is 3. The van der Waals surface area contributed by atoms with E-state index in [1.54, 1.807) is 47.4 Å². The number of esters is 1. The van der Waals surface area contributed by atoms with E-state index in [9.17, 15) is 14.4 Å². The van der Waals surface area contributed by atoms with E-state index in [1.165, 1.54) is 4.90 Å². The van der Waals surface area contributed by atoms with Crippen molar-refractivity contribution < 1.29 is 28.6 Å². The molecule has 0 aliphatic carbocycles. The highest BCUT2D eigenvalue weighted by Gasteiger charge is 2.24. The zero-order valence-electron chi connectivity index (χ0n) is 22.3. The Balaban J connectivity index is 1.47. The highest BCUT2D eigenvalue weighted by atomic mass is 32.1. The molecule has 0 fully saturated rings. The summed E-state index contributed by atoms with van der Waals surface area (Å²) in [5, 5.41) is 4.83. The summed E-state index contributed by atoms with van der Waals surface area (Å²) < 4.78 is 15.9. The third-order valence-electron chi connectivity index (χ3n) is 5.94. The van der Waals surface area contributed by atoms with E-state index in [4.69, 9.17) is 14.2 Å². The Hall–Kier alpha value is -4.05. The maximum absolute atomic E-state index is 13.6. The number of nitrogens with one attached hydrogen (secondary N) is 1. The van der Waals surface area contributed by atoms with Gasteiger partial charge in [0.05, 0.1) is 18.7 Å². The SMILES string of the molecule is CCOC(=O)c1ccc(NC(=O)N(CC(=O)N(Cc2ccc3c(c2)OCO3)Cc2cccs2)CC(C)C)cc1. The number of nitrogens with zero attached hydrogens (tertiary/aromatic N) is 2. The van der Waals surface area contributed by atoms with Crippen molar-refractivity contribution in [3.63, 3.8) is 0 Å². The molecule has 3 amide bonds. The average molecular weight is 552 g/mol. The predicted octanol–water partition coefficient (Wildman–Crippen LogP) is 5.37. The van der Waals surface area contributed by atoms with Crippen LogP contribution in [0.4, 0.5) is 10.5 Å². The lowest BCUT2D eigenvalue weighted by molar-refractivity contribution is -0.133. The first-order chi connectivity index (χ1) is 18.8. The summed E-state index contributed by atoms with van der Waals surface area (Å²) in [4.78, 5) is 43.1. The monoisotopic (exact) mass is 551 g/mol. The Morgan fingerprint density at radius 3 is 2.46 bits per heavy atom. The fourth-order valence-electron chi connectivity index (χ4n) is 4.11. The van der Waals surface area contributed by atoms with Crippen molar-refractivity contribution >= 4 is 34.9 Å². The van der Waals surface area contributed by atoms with Gasteiger partial charge in [-0.05, 0) is 66.2 Å². The lowest BCUT2D eigenvalue weighted by Crippen LogP contribution is -2.45. The van der Waals surface area contributed by atoms with Crippen LogP contribution < -0.4 is 14.8 Å². The highest BCUT2D eigenvalue weighted by molar-refractivity contribution is 7.09. The molecule has 0 atom stereocenters. The molecule has 10 heteroatoms. The number of fused-ring (bicyclic) bond motifs is 1. The third kappa shape index (κ3) is 7.73. The van der Waals surface area contributed by atoms with Gasteiger partial charge < -0.3 is 29.3 Å². The summed E-state index contributed by atoms with van der Waals surface area (Å²) >= 11 is 1.58. The van der Waals surface area contributed by atoms with Crippen molar-refractivity contribution in [3.8, 4) is 11.5 Å². The van der Waals surface area contributed by atoms with Crippen LogP contribution >= 0.6 is 11.3 Å². The molecule has 2 heterocycles. The molecule has 0 radical (unpaired) electrons. The molecular formula is C29H33N3O6S. The molecule has 1 aliphatic rings. The number of hydrogen-bond donors (Lipinski definition) is 1. The molecule has 3 aromatic rings. The molecule has 1 aliphatic heterocycles. The van der Waals surface area contributed by atoms with E-state index >= 15 is 0 Å².